The van der Waals surface area contributed by atoms with Crippen molar-refractivity contribution in [1.29, 1.82) is 0 Å². The predicted molar refractivity (Wildman–Crippen MR) is 134 cm³/mol. The Balaban J connectivity index is 1.66. The fourth-order valence-corrected chi connectivity index (χ4v) is 7.02. The molecule has 2 amide bonds. The number of para-hydroxylation sites is 1. The van der Waals surface area contributed by atoms with Crippen LogP contribution in [0.15, 0.2) is 35.2 Å². The molecule has 0 aliphatic carbocycles. The molecule has 0 bridgehead atoms. The Kier molecular flexibility index (Phi) is 8.15. The first-order valence-electron chi connectivity index (χ1n) is 11.8. The predicted octanol–water partition coefficient (Wildman–Crippen LogP) is 3.92. The van der Waals surface area contributed by atoms with Crippen molar-refractivity contribution < 1.29 is 18.0 Å². The average Bonchev–Trinajstić information content (AvgIpc) is 2.75. The van der Waals surface area contributed by atoms with E-state index in [0.717, 1.165) is 47.1 Å². The molecule has 1 aliphatic heterocycles. The number of hydrogen-bond acceptors (Lipinski definition) is 4. The second kappa shape index (κ2) is 10.7. The lowest BCUT2D eigenvalue weighted by Gasteiger charge is -2.35. The number of nitrogens with one attached hydrogen (secondary N) is 2. The van der Waals surface area contributed by atoms with Crippen molar-refractivity contribution in [2.75, 3.05) is 18.4 Å². The SMILES string of the molecule is Cc1cc(C)c(S(=O)(=O)N2CCCC[C@H]2CCNC(=O)C(=O)Nc2c(C)cccc2C)c(C)c1. The normalized spacial score (nSPS) is 16.8. The number of carbonyl (C=O) groups excluding carboxylic acids is 2. The summed E-state index contributed by atoms with van der Waals surface area (Å²) in [6, 6.07) is 9.21. The number of amides is 2. The van der Waals surface area contributed by atoms with Crippen LogP contribution in [0.25, 0.3) is 0 Å². The lowest BCUT2D eigenvalue weighted by atomic mass is 10.0. The van der Waals surface area contributed by atoms with Gasteiger partial charge in [-0.2, -0.15) is 4.31 Å². The van der Waals surface area contributed by atoms with Crippen LogP contribution in [0.1, 0.15) is 53.5 Å². The van der Waals surface area contributed by atoms with Gasteiger partial charge < -0.3 is 10.6 Å². The van der Waals surface area contributed by atoms with E-state index < -0.39 is 21.8 Å². The van der Waals surface area contributed by atoms with Crippen LogP contribution in [0.3, 0.4) is 0 Å². The quantitative estimate of drug-likeness (QED) is 0.607. The Labute approximate surface area is 203 Å². The van der Waals surface area contributed by atoms with Crippen LogP contribution in [0, 0.1) is 34.6 Å². The molecule has 7 nitrogen and oxygen atoms in total. The number of aryl methyl sites for hydroxylation is 5. The van der Waals surface area contributed by atoms with Gasteiger partial charge in [0, 0.05) is 24.8 Å². The lowest BCUT2D eigenvalue weighted by Crippen LogP contribution is -2.46. The number of piperidine rings is 1. The summed E-state index contributed by atoms with van der Waals surface area (Å²) in [6.45, 7) is 10.1. The number of rotatable bonds is 6. The van der Waals surface area contributed by atoms with Crippen molar-refractivity contribution in [1.82, 2.24) is 9.62 Å². The highest BCUT2D eigenvalue weighted by molar-refractivity contribution is 7.89. The van der Waals surface area contributed by atoms with Crippen molar-refractivity contribution in [3.05, 3.63) is 58.1 Å². The third-order valence-corrected chi connectivity index (χ3v) is 8.69. The molecule has 0 spiro atoms. The summed E-state index contributed by atoms with van der Waals surface area (Å²) in [4.78, 5) is 25.1. The van der Waals surface area contributed by atoms with Crippen molar-refractivity contribution in [2.24, 2.45) is 0 Å². The van der Waals surface area contributed by atoms with Gasteiger partial charge in [-0.15, -0.1) is 0 Å². The summed E-state index contributed by atoms with van der Waals surface area (Å²) in [5, 5.41) is 5.34. The van der Waals surface area contributed by atoms with Gasteiger partial charge >= 0.3 is 11.8 Å². The van der Waals surface area contributed by atoms with E-state index in [-0.39, 0.29) is 12.6 Å². The van der Waals surface area contributed by atoms with Gasteiger partial charge in [0.1, 0.15) is 0 Å². The van der Waals surface area contributed by atoms with E-state index in [1.54, 1.807) is 4.31 Å². The molecule has 2 aromatic rings. The number of benzene rings is 2. The first kappa shape index (κ1) is 25.9. The zero-order chi connectivity index (χ0) is 25.0. The minimum Gasteiger partial charge on any atom is -0.348 e. The topological polar surface area (TPSA) is 95.6 Å². The molecule has 184 valence electrons. The zero-order valence-electron chi connectivity index (χ0n) is 20.7. The zero-order valence-corrected chi connectivity index (χ0v) is 21.5. The first-order valence-corrected chi connectivity index (χ1v) is 13.2. The Morgan fingerprint density at radius 2 is 1.56 bits per heavy atom. The number of nitrogens with zero attached hydrogens (tertiary/aromatic N) is 1. The molecule has 1 saturated heterocycles. The van der Waals surface area contributed by atoms with E-state index in [2.05, 4.69) is 10.6 Å². The van der Waals surface area contributed by atoms with Crippen LogP contribution in [-0.4, -0.2) is 43.7 Å². The molecule has 2 aromatic carbocycles. The monoisotopic (exact) mass is 485 g/mol. The number of anilines is 1. The van der Waals surface area contributed by atoms with E-state index in [9.17, 15) is 18.0 Å². The smallest absolute Gasteiger partial charge is 0.313 e. The Hall–Kier alpha value is -2.71. The summed E-state index contributed by atoms with van der Waals surface area (Å²) in [7, 11) is -3.67. The molecule has 2 N–H and O–H groups in total. The van der Waals surface area contributed by atoms with Gasteiger partial charge in [0.25, 0.3) is 0 Å². The van der Waals surface area contributed by atoms with Crippen LogP contribution in [0.2, 0.25) is 0 Å². The summed E-state index contributed by atoms with van der Waals surface area (Å²) in [5.74, 6) is -1.45. The highest BCUT2D eigenvalue weighted by Crippen LogP contribution is 2.31. The van der Waals surface area contributed by atoms with Gasteiger partial charge in [-0.3, -0.25) is 9.59 Å². The molecule has 8 heteroatoms. The second-order valence-electron chi connectivity index (χ2n) is 9.26. The van der Waals surface area contributed by atoms with Crippen molar-refractivity contribution in [3.63, 3.8) is 0 Å². The van der Waals surface area contributed by atoms with E-state index in [0.29, 0.717) is 23.5 Å². The number of carbonyl (C=O) groups is 2. The van der Waals surface area contributed by atoms with Gasteiger partial charge in [0.2, 0.25) is 10.0 Å². The highest BCUT2D eigenvalue weighted by Gasteiger charge is 2.35. The minimum absolute atomic E-state index is 0.221. The molecule has 0 aromatic heterocycles. The molecular formula is C26H35N3O4S. The molecule has 0 saturated carbocycles. The van der Waals surface area contributed by atoms with Gasteiger partial charge in [-0.05, 0) is 76.1 Å². The standard InChI is InChI=1S/C26H35N3O4S/c1-17-15-20(4)24(21(5)16-17)34(32,33)29-14-7-6-11-22(29)12-13-27-25(30)26(31)28-23-18(2)9-8-10-19(23)3/h8-10,15-16,22H,6-7,11-14H2,1-5H3,(H,27,30)(H,28,31)/t22-/m0/s1. The summed E-state index contributed by atoms with van der Waals surface area (Å²) in [5.41, 5.74) is 4.93. The number of hydrogen-bond donors (Lipinski definition) is 2. The third kappa shape index (κ3) is 5.67. The van der Waals surface area contributed by atoms with Crippen LogP contribution < -0.4 is 10.6 Å². The van der Waals surface area contributed by atoms with Crippen molar-refractivity contribution >= 4 is 27.5 Å². The Morgan fingerprint density at radius 3 is 2.18 bits per heavy atom. The molecule has 34 heavy (non-hydrogen) atoms. The van der Waals surface area contributed by atoms with E-state index >= 15 is 0 Å². The summed E-state index contributed by atoms with van der Waals surface area (Å²) < 4.78 is 28.8. The van der Waals surface area contributed by atoms with E-state index in [1.807, 2.05) is 65.0 Å². The second-order valence-corrected chi connectivity index (χ2v) is 11.1. The van der Waals surface area contributed by atoms with Crippen LogP contribution in [0.4, 0.5) is 5.69 Å². The maximum Gasteiger partial charge on any atom is 0.313 e. The molecule has 1 atom stereocenters. The van der Waals surface area contributed by atoms with E-state index in [4.69, 9.17) is 0 Å². The molecule has 3 rings (SSSR count). The third-order valence-electron chi connectivity index (χ3n) is 6.43. The van der Waals surface area contributed by atoms with E-state index in [1.165, 1.54) is 0 Å². The van der Waals surface area contributed by atoms with Crippen LogP contribution in [0.5, 0.6) is 0 Å². The molecule has 1 aliphatic rings. The fourth-order valence-electron chi connectivity index (χ4n) is 4.88. The molecule has 0 unspecified atom stereocenters. The number of sulfonamides is 1. The average molecular weight is 486 g/mol. The Bertz CT molecular complexity index is 1150. The van der Waals surface area contributed by atoms with Gasteiger partial charge in [0.05, 0.1) is 4.90 Å². The van der Waals surface area contributed by atoms with Gasteiger partial charge in [0.15, 0.2) is 0 Å². The van der Waals surface area contributed by atoms with Crippen LogP contribution in [-0.2, 0) is 19.6 Å². The summed E-state index contributed by atoms with van der Waals surface area (Å²) in [6.07, 6.45) is 2.92. The largest absolute Gasteiger partial charge is 0.348 e. The van der Waals surface area contributed by atoms with Gasteiger partial charge in [-0.1, -0.05) is 42.3 Å². The molecule has 1 heterocycles. The minimum atomic E-state index is -3.67. The maximum absolute atomic E-state index is 13.6. The lowest BCUT2D eigenvalue weighted by molar-refractivity contribution is -0.136. The maximum atomic E-state index is 13.6. The Morgan fingerprint density at radius 1 is 0.941 bits per heavy atom. The van der Waals surface area contributed by atoms with Crippen molar-refractivity contribution in [2.45, 2.75) is 71.2 Å². The first-order chi connectivity index (χ1) is 16.0. The molecule has 0 radical (unpaired) electrons. The molecular weight excluding hydrogens is 450 g/mol. The van der Waals surface area contributed by atoms with Gasteiger partial charge in [-0.25, -0.2) is 8.42 Å². The summed E-state index contributed by atoms with van der Waals surface area (Å²) >= 11 is 0. The van der Waals surface area contributed by atoms with Crippen LogP contribution >= 0.6 is 0 Å². The fraction of sp³-hybridized carbons (Fsp3) is 0.462. The highest BCUT2D eigenvalue weighted by atomic mass is 32.2. The molecule has 1 fully saturated rings. The van der Waals surface area contributed by atoms with Crippen molar-refractivity contribution in [3.8, 4) is 0 Å².